The highest BCUT2D eigenvalue weighted by Gasteiger charge is 2.49. The average Bonchev–Trinajstić information content (AvgIpc) is 2.51. The quantitative estimate of drug-likeness (QED) is 0.759. The van der Waals surface area contributed by atoms with Crippen LogP contribution in [0.4, 0.5) is 0 Å². The molecule has 1 aromatic rings. The standard InChI is InChI=1S/C16H23Br2NO/c1-15(2)9-12(16(3,4)20-15)14(19-5)11-7-6-10(17)8-13(11)18/h6-8,12,14,19H,9H2,1-5H3. The molecule has 1 aliphatic rings. The van der Waals surface area contributed by atoms with Gasteiger partial charge in [-0.1, -0.05) is 37.9 Å². The van der Waals surface area contributed by atoms with Crippen molar-refractivity contribution in [2.75, 3.05) is 7.05 Å². The lowest BCUT2D eigenvalue weighted by atomic mass is 9.79. The molecule has 1 heterocycles. The lowest BCUT2D eigenvalue weighted by molar-refractivity contribution is -0.0776. The normalized spacial score (nSPS) is 25.6. The summed E-state index contributed by atoms with van der Waals surface area (Å²) < 4.78 is 8.47. The zero-order chi connectivity index (χ0) is 15.1. The smallest absolute Gasteiger partial charge is 0.0681 e. The molecule has 0 saturated carbocycles. The molecule has 0 bridgehead atoms. The zero-order valence-electron chi connectivity index (χ0n) is 12.8. The van der Waals surface area contributed by atoms with Crippen molar-refractivity contribution in [2.45, 2.75) is 51.4 Å². The number of halogens is 2. The summed E-state index contributed by atoms with van der Waals surface area (Å²) >= 11 is 7.21. The molecule has 112 valence electrons. The van der Waals surface area contributed by atoms with Crippen molar-refractivity contribution >= 4 is 31.9 Å². The van der Waals surface area contributed by atoms with Crippen LogP contribution in [0.2, 0.25) is 0 Å². The summed E-state index contributed by atoms with van der Waals surface area (Å²) in [6.45, 7) is 8.75. The van der Waals surface area contributed by atoms with Crippen LogP contribution in [0.5, 0.6) is 0 Å². The maximum absolute atomic E-state index is 6.25. The molecule has 2 atom stereocenters. The van der Waals surface area contributed by atoms with Crippen LogP contribution < -0.4 is 5.32 Å². The van der Waals surface area contributed by atoms with Crippen molar-refractivity contribution in [3.8, 4) is 0 Å². The number of nitrogens with one attached hydrogen (secondary N) is 1. The summed E-state index contributed by atoms with van der Waals surface area (Å²) in [6, 6.07) is 6.65. The van der Waals surface area contributed by atoms with Crippen molar-refractivity contribution in [1.82, 2.24) is 5.32 Å². The monoisotopic (exact) mass is 403 g/mol. The van der Waals surface area contributed by atoms with Gasteiger partial charge in [-0.25, -0.2) is 0 Å². The van der Waals surface area contributed by atoms with Crippen LogP contribution in [0.15, 0.2) is 27.1 Å². The first-order valence-electron chi connectivity index (χ1n) is 6.99. The molecule has 2 rings (SSSR count). The van der Waals surface area contributed by atoms with Crippen LogP contribution in [0.25, 0.3) is 0 Å². The fourth-order valence-electron chi connectivity index (χ4n) is 3.45. The summed E-state index contributed by atoms with van der Waals surface area (Å²) in [4.78, 5) is 0. The van der Waals surface area contributed by atoms with E-state index in [0.29, 0.717) is 5.92 Å². The number of rotatable bonds is 3. The SMILES string of the molecule is CNC(c1ccc(Br)cc1Br)C1CC(C)(C)OC1(C)C. The first-order chi connectivity index (χ1) is 9.16. The van der Waals surface area contributed by atoms with Crippen molar-refractivity contribution < 1.29 is 4.74 Å². The molecule has 1 aromatic carbocycles. The lowest BCUT2D eigenvalue weighted by Crippen LogP contribution is -2.37. The molecule has 1 saturated heterocycles. The molecule has 0 aromatic heterocycles. The topological polar surface area (TPSA) is 21.3 Å². The van der Waals surface area contributed by atoms with E-state index < -0.39 is 0 Å². The van der Waals surface area contributed by atoms with Gasteiger partial charge in [-0.2, -0.15) is 0 Å². The molecule has 1 aliphatic heterocycles. The van der Waals surface area contributed by atoms with Gasteiger partial charge in [0, 0.05) is 20.9 Å². The molecule has 0 amide bonds. The van der Waals surface area contributed by atoms with E-state index in [4.69, 9.17) is 4.74 Å². The van der Waals surface area contributed by atoms with Gasteiger partial charge in [-0.3, -0.25) is 0 Å². The van der Waals surface area contributed by atoms with Gasteiger partial charge < -0.3 is 10.1 Å². The third kappa shape index (κ3) is 3.29. The van der Waals surface area contributed by atoms with Crippen LogP contribution in [0, 0.1) is 5.92 Å². The maximum Gasteiger partial charge on any atom is 0.0681 e. The minimum atomic E-state index is -0.135. The van der Waals surface area contributed by atoms with E-state index >= 15 is 0 Å². The van der Waals surface area contributed by atoms with Gasteiger partial charge in [0.05, 0.1) is 11.2 Å². The van der Waals surface area contributed by atoms with Gasteiger partial charge in [0.25, 0.3) is 0 Å². The number of hydrogen-bond acceptors (Lipinski definition) is 2. The lowest BCUT2D eigenvalue weighted by Gasteiger charge is -2.33. The van der Waals surface area contributed by atoms with Gasteiger partial charge in [0.1, 0.15) is 0 Å². The Bertz CT molecular complexity index is 499. The maximum atomic E-state index is 6.25. The van der Waals surface area contributed by atoms with Crippen molar-refractivity contribution in [1.29, 1.82) is 0 Å². The van der Waals surface area contributed by atoms with Crippen LogP contribution in [0.3, 0.4) is 0 Å². The molecular formula is C16H23Br2NO. The Morgan fingerprint density at radius 3 is 2.35 bits per heavy atom. The van der Waals surface area contributed by atoms with Crippen LogP contribution in [-0.2, 0) is 4.74 Å². The molecule has 2 nitrogen and oxygen atoms in total. The summed E-state index contributed by atoms with van der Waals surface area (Å²) in [5, 5.41) is 3.49. The fraction of sp³-hybridized carbons (Fsp3) is 0.625. The van der Waals surface area contributed by atoms with Crippen LogP contribution in [-0.4, -0.2) is 18.2 Å². The largest absolute Gasteiger partial charge is 0.369 e. The second-order valence-electron chi connectivity index (χ2n) is 6.71. The molecular weight excluding hydrogens is 382 g/mol. The molecule has 0 spiro atoms. The average molecular weight is 405 g/mol. The second-order valence-corrected chi connectivity index (χ2v) is 8.48. The summed E-state index contributed by atoms with van der Waals surface area (Å²) in [5.41, 5.74) is 1.09. The summed E-state index contributed by atoms with van der Waals surface area (Å²) in [6.07, 6.45) is 1.05. The summed E-state index contributed by atoms with van der Waals surface area (Å²) in [5.74, 6) is 0.431. The first kappa shape index (κ1) is 16.5. The van der Waals surface area contributed by atoms with Crippen molar-refractivity contribution in [3.05, 3.63) is 32.7 Å². The molecule has 0 aliphatic carbocycles. The Balaban J connectivity index is 2.37. The number of hydrogen-bond donors (Lipinski definition) is 1. The Labute approximate surface area is 138 Å². The van der Waals surface area contributed by atoms with Gasteiger partial charge in [0.15, 0.2) is 0 Å². The van der Waals surface area contributed by atoms with E-state index in [1.807, 2.05) is 7.05 Å². The highest BCUT2D eigenvalue weighted by atomic mass is 79.9. The van der Waals surface area contributed by atoms with Gasteiger partial charge in [-0.05, 0) is 58.9 Å². The second kappa shape index (κ2) is 5.71. The molecule has 4 heteroatoms. The Morgan fingerprint density at radius 1 is 1.25 bits per heavy atom. The predicted octanol–water partition coefficient (Wildman–Crippen LogP) is 5.07. The Kier molecular flexibility index (Phi) is 4.70. The van der Waals surface area contributed by atoms with E-state index in [-0.39, 0.29) is 17.2 Å². The van der Waals surface area contributed by atoms with Gasteiger partial charge in [-0.15, -0.1) is 0 Å². The predicted molar refractivity (Wildman–Crippen MR) is 91.0 cm³/mol. The summed E-state index contributed by atoms with van der Waals surface area (Å²) in [7, 11) is 2.03. The van der Waals surface area contributed by atoms with E-state index in [1.165, 1.54) is 5.56 Å². The minimum Gasteiger partial charge on any atom is -0.369 e. The van der Waals surface area contributed by atoms with Crippen LogP contribution >= 0.6 is 31.9 Å². The van der Waals surface area contributed by atoms with E-state index in [0.717, 1.165) is 15.4 Å². The molecule has 20 heavy (non-hydrogen) atoms. The van der Waals surface area contributed by atoms with Crippen molar-refractivity contribution in [2.24, 2.45) is 5.92 Å². The van der Waals surface area contributed by atoms with E-state index in [2.05, 4.69) is 83.1 Å². The van der Waals surface area contributed by atoms with E-state index in [1.54, 1.807) is 0 Å². The highest BCUT2D eigenvalue weighted by molar-refractivity contribution is 9.11. The molecule has 1 N–H and O–H groups in total. The minimum absolute atomic E-state index is 0.0644. The third-order valence-corrected chi connectivity index (χ3v) is 5.33. The van der Waals surface area contributed by atoms with Gasteiger partial charge in [0.2, 0.25) is 0 Å². The molecule has 2 unspecified atom stereocenters. The first-order valence-corrected chi connectivity index (χ1v) is 8.57. The molecule has 0 radical (unpaired) electrons. The Morgan fingerprint density at radius 2 is 1.90 bits per heavy atom. The zero-order valence-corrected chi connectivity index (χ0v) is 15.9. The molecule has 1 fully saturated rings. The van der Waals surface area contributed by atoms with Crippen molar-refractivity contribution in [3.63, 3.8) is 0 Å². The van der Waals surface area contributed by atoms with E-state index in [9.17, 15) is 0 Å². The number of ether oxygens (including phenoxy) is 1. The fourth-order valence-corrected chi connectivity index (χ4v) is 4.74. The highest BCUT2D eigenvalue weighted by Crippen LogP contribution is 2.48. The van der Waals surface area contributed by atoms with Gasteiger partial charge >= 0.3 is 0 Å². The van der Waals surface area contributed by atoms with Crippen LogP contribution in [0.1, 0.15) is 45.7 Å². The Hall–Kier alpha value is 0.1000. The third-order valence-electron chi connectivity index (χ3n) is 4.15. The number of benzene rings is 1.